The van der Waals surface area contributed by atoms with E-state index in [1.807, 2.05) is 29.2 Å². The van der Waals surface area contributed by atoms with E-state index in [0.29, 0.717) is 23.1 Å². The maximum absolute atomic E-state index is 14.2. The second kappa shape index (κ2) is 7.38. The minimum Gasteiger partial charge on any atom is -0.381 e. The van der Waals surface area contributed by atoms with E-state index in [0.717, 1.165) is 48.3 Å². The predicted molar refractivity (Wildman–Crippen MR) is 107 cm³/mol. The largest absolute Gasteiger partial charge is 0.381 e. The molecule has 148 valence electrons. The summed E-state index contributed by atoms with van der Waals surface area (Å²) in [6.07, 6.45) is 7.41. The van der Waals surface area contributed by atoms with Gasteiger partial charge >= 0.3 is 0 Å². The van der Waals surface area contributed by atoms with Gasteiger partial charge in [0.15, 0.2) is 5.65 Å². The third kappa shape index (κ3) is 3.30. The number of pyridine rings is 1. The molecule has 1 aliphatic heterocycles. The van der Waals surface area contributed by atoms with Crippen LogP contribution in [0.3, 0.4) is 0 Å². The number of halogens is 1. The molecule has 29 heavy (non-hydrogen) atoms. The van der Waals surface area contributed by atoms with Gasteiger partial charge in [-0.2, -0.15) is 5.10 Å². The molecule has 0 aliphatic carbocycles. The lowest BCUT2D eigenvalue weighted by atomic mass is 10.0. The number of imidazole rings is 1. The van der Waals surface area contributed by atoms with Crippen molar-refractivity contribution in [1.82, 2.24) is 24.7 Å². The van der Waals surface area contributed by atoms with Crippen LogP contribution in [0.15, 0.2) is 42.9 Å². The van der Waals surface area contributed by atoms with E-state index in [1.54, 1.807) is 12.3 Å². The molecule has 0 radical (unpaired) electrons. The first-order chi connectivity index (χ1) is 14.2. The van der Waals surface area contributed by atoms with E-state index in [2.05, 4.69) is 20.1 Å². The van der Waals surface area contributed by atoms with E-state index in [9.17, 15) is 4.39 Å². The number of fused-ring (bicyclic) bond motifs is 1. The summed E-state index contributed by atoms with van der Waals surface area (Å²) in [4.78, 5) is 12.3. The fraction of sp³-hybridized carbons (Fsp3) is 0.286. The minimum absolute atomic E-state index is 0.170. The summed E-state index contributed by atoms with van der Waals surface area (Å²) >= 11 is 0. The number of nitrogens with two attached hydrogens (primary N) is 1. The summed E-state index contributed by atoms with van der Waals surface area (Å²) in [7, 11) is 0. The summed E-state index contributed by atoms with van der Waals surface area (Å²) in [6.45, 7) is 1.69. The number of hydrogen-bond acceptors (Lipinski definition) is 5. The Labute approximate surface area is 166 Å². The average molecular weight is 392 g/mol. The number of benzene rings is 1. The SMILES string of the molecule is NCc1ccc(-c2ccnc3nc(-c4cnn(C5CCOCC5)c4)[nH]c23)cc1F. The van der Waals surface area contributed by atoms with Crippen molar-refractivity contribution in [2.24, 2.45) is 5.73 Å². The van der Waals surface area contributed by atoms with Crippen molar-refractivity contribution >= 4 is 11.2 Å². The highest BCUT2D eigenvalue weighted by Crippen LogP contribution is 2.30. The normalized spacial score (nSPS) is 15.2. The van der Waals surface area contributed by atoms with Crippen molar-refractivity contribution < 1.29 is 9.13 Å². The van der Waals surface area contributed by atoms with Gasteiger partial charge in [0.05, 0.1) is 23.3 Å². The van der Waals surface area contributed by atoms with Crippen LogP contribution < -0.4 is 5.73 Å². The van der Waals surface area contributed by atoms with E-state index in [-0.39, 0.29) is 12.4 Å². The number of aromatic nitrogens is 5. The fourth-order valence-electron chi connectivity index (χ4n) is 3.78. The Kier molecular flexibility index (Phi) is 4.57. The predicted octanol–water partition coefficient (Wildman–Crippen LogP) is 3.44. The van der Waals surface area contributed by atoms with Crippen LogP contribution in [-0.4, -0.2) is 37.9 Å². The van der Waals surface area contributed by atoms with Gasteiger partial charge in [0.25, 0.3) is 0 Å². The quantitative estimate of drug-likeness (QED) is 0.555. The zero-order valence-corrected chi connectivity index (χ0v) is 15.8. The maximum atomic E-state index is 14.2. The van der Waals surface area contributed by atoms with Gasteiger partial charge in [0.2, 0.25) is 0 Å². The van der Waals surface area contributed by atoms with Crippen LogP contribution in [0.4, 0.5) is 4.39 Å². The van der Waals surface area contributed by atoms with Crippen LogP contribution in [0.2, 0.25) is 0 Å². The van der Waals surface area contributed by atoms with E-state index in [4.69, 9.17) is 10.5 Å². The van der Waals surface area contributed by atoms with Gasteiger partial charge in [-0.1, -0.05) is 12.1 Å². The van der Waals surface area contributed by atoms with Crippen LogP contribution >= 0.6 is 0 Å². The van der Waals surface area contributed by atoms with Crippen molar-refractivity contribution in [3.8, 4) is 22.5 Å². The molecule has 4 aromatic rings. The van der Waals surface area contributed by atoms with Crippen LogP contribution in [0.1, 0.15) is 24.4 Å². The first-order valence-electron chi connectivity index (χ1n) is 9.69. The molecule has 4 heterocycles. The van der Waals surface area contributed by atoms with E-state index < -0.39 is 0 Å². The molecule has 3 aromatic heterocycles. The molecule has 1 fully saturated rings. The van der Waals surface area contributed by atoms with Crippen LogP contribution in [0.5, 0.6) is 0 Å². The molecule has 1 aliphatic rings. The number of hydrogen-bond donors (Lipinski definition) is 2. The Morgan fingerprint density at radius 1 is 1.21 bits per heavy atom. The zero-order chi connectivity index (χ0) is 19.8. The Morgan fingerprint density at radius 3 is 2.86 bits per heavy atom. The van der Waals surface area contributed by atoms with Crippen LogP contribution in [-0.2, 0) is 11.3 Å². The summed E-state index contributed by atoms with van der Waals surface area (Å²) in [6, 6.07) is 7.28. The average Bonchev–Trinajstić information content (AvgIpc) is 3.41. The molecule has 0 atom stereocenters. The lowest BCUT2D eigenvalue weighted by Gasteiger charge is -2.22. The molecule has 7 nitrogen and oxygen atoms in total. The molecule has 3 N–H and O–H groups in total. The van der Waals surface area contributed by atoms with Gasteiger partial charge in [-0.25, -0.2) is 14.4 Å². The van der Waals surface area contributed by atoms with Crippen molar-refractivity contribution in [3.63, 3.8) is 0 Å². The fourth-order valence-corrected chi connectivity index (χ4v) is 3.78. The van der Waals surface area contributed by atoms with E-state index >= 15 is 0 Å². The lowest BCUT2D eigenvalue weighted by molar-refractivity contribution is 0.0662. The van der Waals surface area contributed by atoms with Crippen molar-refractivity contribution in [2.75, 3.05) is 13.2 Å². The Balaban J connectivity index is 1.52. The topological polar surface area (TPSA) is 94.6 Å². The minimum atomic E-state index is -0.313. The van der Waals surface area contributed by atoms with Gasteiger partial charge in [0.1, 0.15) is 11.6 Å². The third-order valence-corrected chi connectivity index (χ3v) is 5.42. The zero-order valence-electron chi connectivity index (χ0n) is 15.8. The Bertz CT molecular complexity index is 1160. The molecule has 0 bridgehead atoms. The first-order valence-corrected chi connectivity index (χ1v) is 9.69. The number of ether oxygens (including phenoxy) is 1. The number of rotatable bonds is 4. The molecule has 0 spiro atoms. The highest BCUT2D eigenvalue weighted by Gasteiger charge is 2.18. The standard InChI is InChI=1S/C21H21FN6O/c22-18-9-13(1-2-14(18)10-23)17-3-6-24-21-19(17)26-20(27-21)15-11-25-28(12-15)16-4-7-29-8-5-16/h1-3,6,9,11-12,16H,4-5,7-8,10,23H2,(H,24,26,27). The molecule has 0 unspecified atom stereocenters. The molecular weight excluding hydrogens is 371 g/mol. The van der Waals surface area contributed by atoms with Gasteiger partial charge in [-0.3, -0.25) is 4.68 Å². The summed E-state index contributed by atoms with van der Waals surface area (Å²) in [5.74, 6) is 0.379. The van der Waals surface area contributed by atoms with Crippen LogP contribution in [0.25, 0.3) is 33.7 Å². The molecule has 1 saturated heterocycles. The highest BCUT2D eigenvalue weighted by molar-refractivity contribution is 5.91. The molecule has 0 amide bonds. The van der Waals surface area contributed by atoms with Gasteiger partial charge < -0.3 is 15.5 Å². The number of aromatic amines is 1. The molecule has 0 saturated carbocycles. The van der Waals surface area contributed by atoms with Crippen molar-refractivity contribution in [1.29, 1.82) is 0 Å². The maximum Gasteiger partial charge on any atom is 0.178 e. The Hall–Kier alpha value is -3.10. The molecule has 5 rings (SSSR count). The summed E-state index contributed by atoms with van der Waals surface area (Å²) in [5.41, 5.74) is 9.90. The van der Waals surface area contributed by atoms with Crippen LogP contribution in [0, 0.1) is 5.82 Å². The number of nitrogens with one attached hydrogen (secondary N) is 1. The highest BCUT2D eigenvalue weighted by atomic mass is 19.1. The van der Waals surface area contributed by atoms with E-state index in [1.165, 1.54) is 6.07 Å². The molecular formula is C21H21FN6O. The van der Waals surface area contributed by atoms with Gasteiger partial charge in [-0.05, 0) is 30.5 Å². The molecule has 8 heteroatoms. The van der Waals surface area contributed by atoms with Crippen molar-refractivity contribution in [3.05, 3.63) is 54.2 Å². The van der Waals surface area contributed by atoms with Gasteiger partial charge in [-0.15, -0.1) is 0 Å². The number of nitrogens with zero attached hydrogens (tertiary/aromatic N) is 4. The smallest absolute Gasteiger partial charge is 0.178 e. The summed E-state index contributed by atoms with van der Waals surface area (Å²) in [5, 5.41) is 4.52. The third-order valence-electron chi connectivity index (χ3n) is 5.42. The van der Waals surface area contributed by atoms with Gasteiger partial charge in [0, 0.05) is 43.3 Å². The summed E-state index contributed by atoms with van der Waals surface area (Å²) < 4.78 is 21.7. The Morgan fingerprint density at radius 2 is 2.07 bits per heavy atom. The second-order valence-electron chi connectivity index (χ2n) is 7.21. The lowest BCUT2D eigenvalue weighted by Crippen LogP contribution is -2.19. The first kappa shape index (κ1) is 18.0. The van der Waals surface area contributed by atoms with Crippen molar-refractivity contribution in [2.45, 2.75) is 25.4 Å². The molecule has 1 aromatic carbocycles. The number of H-pyrrole nitrogens is 1. The second-order valence-corrected chi connectivity index (χ2v) is 7.21. The monoisotopic (exact) mass is 392 g/mol.